The zero-order valence-corrected chi connectivity index (χ0v) is 9.43. The molecule has 1 amide bonds. The molecule has 0 spiro atoms. The lowest BCUT2D eigenvalue weighted by atomic mass is 10.3. The fourth-order valence-electron chi connectivity index (χ4n) is 1.09. The van der Waals surface area contributed by atoms with Gasteiger partial charge in [-0.2, -0.15) is 0 Å². The van der Waals surface area contributed by atoms with Crippen LogP contribution in [0.2, 0.25) is 0 Å². The summed E-state index contributed by atoms with van der Waals surface area (Å²) in [5.41, 5.74) is 0.759. The molecule has 1 heterocycles. The fourth-order valence-corrected chi connectivity index (χ4v) is 1.75. The quantitative estimate of drug-likeness (QED) is 0.603. The van der Waals surface area contributed by atoms with Crippen molar-refractivity contribution in [3.05, 3.63) is 10.6 Å². The highest BCUT2D eigenvalue weighted by Crippen LogP contribution is 2.10. The van der Waals surface area contributed by atoms with Crippen molar-refractivity contribution in [3.63, 3.8) is 0 Å². The van der Waals surface area contributed by atoms with E-state index in [4.69, 9.17) is 6.42 Å². The van der Waals surface area contributed by atoms with Crippen LogP contribution in [0.5, 0.6) is 0 Å². The first-order valence-electron chi connectivity index (χ1n) is 4.82. The number of rotatable bonds is 5. The Hall–Kier alpha value is -1.41. The smallest absolute Gasteiger partial charge is 0.264 e. The molecule has 80 valence electrons. The van der Waals surface area contributed by atoms with Crippen LogP contribution >= 0.6 is 11.5 Å². The zero-order chi connectivity index (χ0) is 11.1. The summed E-state index contributed by atoms with van der Waals surface area (Å²) in [5.74, 6) is 2.43. The van der Waals surface area contributed by atoms with E-state index in [9.17, 15) is 4.79 Å². The van der Waals surface area contributed by atoms with Crippen LogP contribution in [0.3, 0.4) is 0 Å². The van der Waals surface area contributed by atoms with Crippen LogP contribution in [0.15, 0.2) is 0 Å². The van der Waals surface area contributed by atoms with E-state index in [0.717, 1.165) is 30.1 Å². The first-order chi connectivity index (χ1) is 7.29. The molecule has 0 bridgehead atoms. The molecule has 0 saturated heterocycles. The minimum Gasteiger partial charge on any atom is -0.351 e. The molecule has 0 unspecified atom stereocenters. The highest BCUT2D eigenvalue weighted by molar-refractivity contribution is 7.08. The molecule has 0 aliphatic carbocycles. The van der Waals surface area contributed by atoms with Gasteiger partial charge in [-0.25, -0.2) is 0 Å². The second-order valence-corrected chi connectivity index (χ2v) is 3.72. The maximum absolute atomic E-state index is 11.6. The molecule has 0 atom stereocenters. The van der Waals surface area contributed by atoms with E-state index >= 15 is 0 Å². The van der Waals surface area contributed by atoms with Crippen molar-refractivity contribution in [2.24, 2.45) is 0 Å². The zero-order valence-electron chi connectivity index (χ0n) is 8.62. The van der Waals surface area contributed by atoms with E-state index < -0.39 is 0 Å². The van der Waals surface area contributed by atoms with Gasteiger partial charge in [0.1, 0.15) is 4.88 Å². The molecule has 15 heavy (non-hydrogen) atoms. The van der Waals surface area contributed by atoms with Gasteiger partial charge < -0.3 is 5.32 Å². The average Bonchev–Trinajstić information content (AvgIpc) is 2.72. The van der Waals surface area contributed by atoms with Crippen LogP contribution in [-0.4, -0.2) is 22.0 Å². The Morgan fingerprint density at radius 1 is 1.67 bits per heavy atom. The minimum absolute atomic E-state index is 0.0983. The highest BCUT2D eigenvalue weighted by atomic mass is 32.1. The van der Waals surface area contributed by atoms with Gasteiger partial charge in [-0.3, -0.25) is 4.79 Å². The lowest BCUT2D eigenvalue weighted by Crippen LogP contribution is -2.24. The Labute approximate surface area is 93.3 Å². The Morgan fingerprint density at radius 2 is 2.47 bits per heavy atom. The molecular formula is C10H13N3OS. The van der Waals surface area contributed by atoms with Gasteiger partial charge in [0.2, 0.25) is 0 Å². The molecule has 0 aliphatic heterocycles. The molecule has 5 heteroatoms. The van der Waals surface area contributed by atoms with Gasteiger partial charge in [-0.1, -0.05) is 11.4 Å². The van der Waals surface area contributed by atoms with Crippen molar-refractivity contribution in [2.75, 3.05) is 6.54 Å². The van der Waals surface area contributed by atoms with Gasteiger partial charge in [-0.05, 0) is 24.4 Å². The number of unbranched alkanes of at least 4 members (excludes halogenated alkanes) is 1. The Morgan fingerprint density at radius 3 is 3.13 bits per heavy atom. The molecule has 0 fully saturated rings. The predicted octanol–water partition coefficient (Wildman–Crippen LogP) is 1.24. The molecule has 4 nitrogen and oxygen atoms in total. The number of amides is 1. The first kappa shape index (κ1) is 11.7. The summed E-state index contributed by atoms with van der Waals surface area (Å²) in [6.45, 7) is 2.55. The summed E-state index contributed by atoms with van der Waals surface area (Å²) in [6, 6.07) is 0. The molecule has 0 radical (unpaired) electrons. The van der Waals surface area contributed by atoms with Crippen molar-refractivity contribution in [2.45, 2.75) is 26.2 Å². The van der Waals surface area contributed by atoms with E-state index in [1.54, 1.807) is 0 Å². The van der Waals surface area contributed by atoms with Gasteiger partial charge in [0.25, 0.3) is 5.91 Å². The topological polar surface area (TPSA) is 54.9 Å². The third-order valence-electron chi connectivity index (χ3n) is 1.88. The van der Waals surface area contributed by atoms with Crippen molar-refractivity contribution >= 4 is 17.4 Å². The van der Waals surface area contributed by atoms with Crippen LogP contribution in [-0.2, 0) is 6.42 Å². The van der Waals surface area contributed by atoms with Crippen LogP contribution in [0, 0.1) is 12.3 Å². The third kappa shape index (κ3) is 3.33. The molecule has 1 aromatic heterocycles. The predicted molar refractivity (Wildman–Crippen MR) is 59.7 cm³/mol. The summed E-state index contributed by atoms with van der Waals surface area (Å²) in [5, 5.41) is 6.67. The number of nitrogens with zero attached hydrogens (tertiary/aromatic N) is 2. The fraction of sp³-hybridized carbons (Fsp3) is 0.500. The molecular weight excluding hydrogens is 210 g/mol. The van der Waals surface area contributed by atoms with E-state index in [0.29, 0.717) is 17.8 Å². The molecule has 0 saturated carbocycles. The number of carbonyl (C=O) groups is 1. The van der Waals surface area contributed by atoms with E-state index in [-0.39, 0.29) is 5.91 Å². The molecule has 1 N–H and O–H groups in total. The van der Waals surface area contributed by atoms with E-state index in [2.05, 4.69) is 20.8 Å². The Kier molecular flexibility index (Phi) is 4.78. The third-order valence-corrected chi connectivity index (χ3v) is 2.65. The number of carbonyl (C=O) groups excluding carboxylic acids is 1. The molecule has 1 rings (SSSR count). The standard InChI is InChI=1S/C10H13N3OS/c1-3-5-6-7-11-10(14)9-8(4-2)12-13-15-9/h1H,4-7H2,2H3,(H,11,14). The summed E-state index contributed by atoms with van der Waals surface area (Å²) < 4.78 is 3.76. The molecule has 0 aliphatic rings. The summed E-state index contributed by atoms with van der Waals surface area (Å²) in [6.07, 6.45) is 7.31. The highest BCUT2D eigenvalue weighted by Gasteiger charge is 2.13. The van der Waals surface area contributed by atoms with Crippen LogP contribution in [0.25, 0.3) is 0 Å². The van der Waals surface area contributed by atoms with Crippen LogP contribution < -0.4 is 5.32 Å². The monoisotopic (exact) mass is 223 g/mol. The Bertz CT molecular complexity index is 367. The number of terminal acetylenes is 1. The largest absolute Gasteiger partial charge is 0.351 e. The van der Waals surface area contributed by atoms with Gasteiger partial charge in [0, 0.05) is 13.0 Å². The first-order valence-corrected chi connectivity index (χ1v) is 5.59. The number of nitrogens with one attached hydrogen (secondary N) is 1. The lowest BCUT2D eigenvalue weighted by Gasteiger charge is -2.01. The Balaban J connectivity index is 2.44. The minimum atomic E-state index is -0.0983. The maximum atomic E-state index is 11.6. The van der Waals surface area contributed by atoms with Crippen molar-refractivity contribution in [3.8, 4) is 12.3 Å². The van der Waals surface area contributed by atoms with Crippen molar-refractivity contribution in [1.82, 2.24) is 14.9 Å². The SMILES string of the molecule is C#CCCCNC(=O)c1snnc1CC. The lowest BCUT2D eigenvalue weighted by molar-refractivity contribution is 0.0956. The summed E-state index contributed by atoms with van der Waals surface area (Å²) in [7, 11) is 0. The second kappa shape index (κ2) is 6.14. The summed E-state index contributed by atoms with van der Waals surface area (Å²) in [4.78, 5) is 12.2. The van der Waals surface area contributed by atoms with Gasteiger partial charge in [-0.15, -0.1) is 17.4 Å². The summed E-state index contributed by atoms with van der Waals surface area (Å²) >= 11 is 1.13. The normalized spacial score (nSPS) is 9.60. The van der Waals surface area contributed by atoms with Crippen molar-refractivity contribution in [1.29, 1.82) is 0 Å². The molecule has 0 aromatic carbocycles. The second-order valence-electron chi connectivity index (χ2n) is 2.97. The molecule has 1 aromatic rings. The average molecular weight is 223 g/mol. The number of aromatic nitrogens is 2. The van der Waals surface area contributed by atoms with E-state index in [1.165, 1.54) is 0 Å². The van der Waals surface area contributed by atoms with Gasteiger partial charge >= 0.3 is 0 Å². The van der Waals surface area contributed by atoms with E-state index in [1.807, 2.05) is 6.92 Å². The maximum Gasteiger partial charge on any atom is 0.264 e. The number of aryl methyl sites for hydroxylation is 1. The van der Waals surface area contributed by atoms with Gasteiger partial charge in [0.15, 0.2) is 0 Å². The number of hydrogen-bond acceptors (Lipinski definition) is 4. The number of hydrogen-bond donors (Lipinski definition) is 1. The van der Waals surface area contributed by atoms with Crippen molar-refractivity contribution < 1.29 is 4.79 Å². The van der Waals surface area contributed by atoms with Crippen LogP contribution in [0.1, 0.15) is 35.1 Å². The van der Waals surface area contributed by atoms with Gasteiger partial charge in [0.05, 0.1) is 5.69 Å². The van der Waals surface area contributed by atoms with Crippen LogP contribution in [0.4, 0.5) is 0 Å².